The van der Waals surface area contributed by atoms with Crippen LogP contribution in [0, 0.1) is 5.39 Å². The average molecular weight is 355 g/mol. The molecule has 0 aliphatic rings. The van der Waals surface area contributed by atoms with Gasteiger partial charge >= 0.3 is 11.6 Å². The Hall–Kier alpha value is -2.62. The maximum absolute atomic E-state index is 10.1. The van der Waals surface area contributed by atoms with E-state index in [0.29, 0.717) is 0 Å². The van der Waals surface area contributed by atoms with Crippen molar-refractivity contribution >= 4 is 13.5 Å². The normalized spacial score (nSPS) is 13.5. The van der Waals surface area contributed by atoms with Gasteiger partial charge in [0.25, 0.3) is 0 Å². The molecule has 2 aromatic rings. The molecule has 1 atom stereocenters. The fraction of sp³-hybridized carbons (Fsp3) is 0.263. The van der Waals surface area contributed by atoms with Gasteiger partial charge in [0.2, 0.25) is 13.7 Å². The second-order valence-corrected chi connectivity index (χ2v) is 9.84. The van der Waals surface area contributed by atoms with Crippen LogP contribution >= 0.6 is 0 Å². The Morgan fingerprint density at radius 3 is 2.16 bits per heavy atom. The highest BCUT2D eigenvalue weighted by atomic mass is 28.4. The summed E-state index contributed by atoms with van der Waals surface area (Å²) < 4.78 is 11.6. The third-order valence-corrected chi connectivity index (χ3v) is 6.39. The van der Waals surface area contributed by atoms with E-state index in [0.717, 1.165) is 10.8 Å². The summed E-state index contributed by atoms with van der Waals surface area (Å²) in [6.45, 7) is 6.12. The van der Waals surface area contributed by atoms with Crippen LogP contribution < -0.4 is 5.19 Å². The van der Waals surface area contributed by atoms with Crippen LogP contribution in [-0.4, -0.2) is 20.0 Å². The number of hydrogen-bond acceptors (Lipinski definition) is 4. The molecule has 0 radical (unpaired) electrons. The first-order valence-electron chi connectivity index (χ1n) is 8.19. The number of aliphatic hydroxyl groups is 1. The zero-order valence-electron chi connectivity index (χ0n) is 14.7. The van der Waals surface area contributed by atoms with Gasteiger partial charge in [-0.25, -0.2) is 0 Å². The molecular weight excluding hydrogens is 332 g/mol. The van der Waals surface area contributed by atoms with E-state index in [1.807, 2.05) is 60.7 Å². The molecule has 0 amide bonds. The van der Waals surface area contributed by atoms with Gasteiger partial charge in [-0.2, -0.15) is 0 Å². The summed E-state index contributed by atoms with van der Waals surface area (Å²) in [6.07, 6.45) is -0.736. The summed E-state index contributed by atoms with van der Waals surface area (Å²) >= 11 is 0. The first kappa shape index (κ1) is 18.7. The zero-order valence-corrected chi connectivity index (χ0v) is 15.7. The number of nitrogens with zero attached hydrogens (tertiary/aromatic N) is 2. The Morgan fingerprint density at radius 1 is 1.08 bits per heavy atom. The summed E-state index contributed by atoms with van der Waals surface area (Å²) in [5, 5.41) is 20.7. The molecule has 6 heteroatoms. The smallest absolute Gasteiger partial charge is 0.472 e. The van der Waals surface area contributed by atoms with Gasteiger partial charge in [-0.1, -0.05) is 60.7 Å². The molecule has 0 aromatic heterocycles. The van der Waals surface area contributed by atoms with E-state index in [2.05, 4.69) is 18.1 Å². The first-order chi connectivity index (χ1) is 12.0. The molecule has 0 heterocycles. The van der Waals surface area contributed by atoms with Gasteiger partial charge in [-0.15, -0.1) is 0 Å². The number of hydrogen-bond donors (Lipinski definition) is 1. The Bertz CT molecular complexity index is 755. The zero-order chi connectivity index (χ0) is 18.3. The topological polar surface area (TPSA) is 66.8 Å². The fourth-order valence-electron chi connectivity index (χ4n) is 2.53. The minimum Gasteiger partial charge on any atom is -0.475 e. The summed E-state index contributed by atoms with van der Waals surface area (Å²) in [7, 11) is -2.35. The molecule has 0 saturated carbocycles. The van der Waals surface area contributed by atoms with Gasteiger partial charge in [-0.05, 0) is 30.8 Å². The molecule has 0 aliphatic carbocycles. The molecule has 0 saturated heterocycles. The Labute approximate surface area is 149 Å². The third-order valence-electron chi connectivity index (χ3n) is 3.84. The Balaban J connectivity index is 2.46. The lowest BCUT2D eigenvalue weighted by Crippen LogP contribution is -2.45. The Morgan fingerprint density at radius 2 is 1.64 bits per heavy atom. The SMILES string of the molecule is CCO/C(O)=C(\[N+]#N)C(O[Si](C)(C)c1ccccc1)c1ccccc1. The van der Waals surface area contributed by atoms with Crippen LogP contribution in [0.1, 0.15) is 18.6 Å². The monoisotopic (exact) mass is 355 g/mol. The van der Waals surface area contributed by atoms with E-state index in [-0.39, 0.29) is 12.3 Å². The molecule has 0 aliphatic heterocycles. The number of ether oxygens (including phenoxy) is 1. The molecule has 1 unspecified atom stereocenters. The second kappa shape index (κ2) is 8.47. The van der Waals surface area contributed by atoms with Gasteiger partial charge in [0.15, 0.2) is 11.1 Å². The minimum atomic E-state index is -2.35. The van der Waals surface area contributed by atoms with Gasteiger partial charge in [0.05, 0.1) is 6.61 Å². The fourth-order valence-corrected chi connectivity index (χ4v) is 4.50. The van der Waals surface area contributed by atoms with Crippen molar-refractivity contribution in [3.63, 3.8) is 0 Å². The van der Waals surface area contributed by atoms with Crippen LogP contribution in [0.2, 0.25) is 13.1 Å². The summed E-state index contributed by atoms with van der Waals surface area (Å²) in [5.74, 6) is -0.434. The summed E-state index contributed by atoms with van der Waals surface area (Å²) in [4.78, 5) is 3.26. The number of aliphatic hydroxyl groups excluding tert-OH is 1. The summed E-state index contributed by atoms with van der Waals surface area (Å²) in [6, 6.07) is 19.3. The van der Waals surface area contributed by atoms with Gasteiger partial charge < -0.3 is 14.3 Å². The number of diazo groups is 1. The van der Waals surface area contributed by atoms with Crippen molar-refractivity contribution in [1.29, 1.82) is 5.39 Å². The van der Waals surface area contributed by atoms with Crippen molar-refractivity contribution in [3.05, 3.63) is 82.8 Å². The van der Waals surface area contributed by atoms with E-state index in [1.54, 1.807) is 6.92 Å². The average Bonchev–Trinajstić information content (AvgIpc) is 2.63. The minimum absolute atomic E-state index is 0.0374. The van der Waals surface area contributed by atoms with Gasteiger partial charge in [-0.3, -0.25) is 0 Å². The molecular formula is C19H23N2O3Si+. The molecule has 2 aromatic carbocycles. The van der Waals surface area contributed by atoms with Gasteiger partial charge in [0.1, 0.15) is 0 Å². The van der Waals surface area contributed by atoms with Crippen LogP contribution in [0.5, 0.6) is 0 Å². The highest BCUT2D eigenvalue weighted by Gasteiger charge is 2.40. The van der Waals surface area contributed by atoms with Crippen LogP contribution in [-0.2, 0) is 9.16 Å². The van der Waals surface area contributed by atoms with Crippen molar-refractivity contribution in [3.8, 4) is 0 Å². The third kappa shape index (κ3) is 4.69. The lowest BCUT2D eigenvalue weighted by molar-refractivity contribution is 0.0894. The second-order valence-electron chi connectivity index (χ2n) is 6.01. The molecule has 0 fully saturated rings. The van der Waals surface area contributed by atoms with Crippen molar-refractivity contribution < 1.29 is 14.3 Å². The van der Waals surface area contributed by atoms with Crippen LogP contribution in [0.25, 0.3) is 4.98 Å². The van der Waals surface area contributed by atoms with Crippen molar-refractivity contribution in [1.82, 2.24) is 0 Å². The maximum Gasteiger partial charge on any atom is 0.472 e. The summed E-state index contributed by atoms with van der Waals surface area (Å²) in [5.41, 5.74) is 0.739. The highest BCUT2D eigenvalue weighted by Crippen LogP contribution is 2.32. The van der Waals surface area contributed by atoms with E-state index >= 15 is 0 Å². The van der Waals surface area contributed by atoms with Crippen molar-refractivity contribution in [2.45, 2.75) is 26.1 Å². The van der Waals surface area contributed by atoms with E-state index in [4.69, 9.17) is 9.16 Å². The van der Waals surface area contributed by atoms with Crippen LogP contribution in [0.4, 0.5) is 0 Å². The molecule has 25 heavy (non-hydrogen) atoms. The maximum atomic E-state index is 10.1. The lowest BCUT2D eigenvalue weighted by Gasteiger charge is -2.27. The van der Waals surface area contributed by atoms with Crippen LogP contribution in [0.3, 0.4) is 0 Å². The van der Waals surface area contributed by atoms with E-state index in [9.17, 15) is 10.5 Å². The molecule has 0 spiro atoms. The largest absolute Gasteiger partial charge is 0.475 e. The lowest BCUT2D eigenvalue weighted by atomic mass is 10.1. The van der Waals surface area contributed by atoms with Crippen molar-refractivity contribution in [2.24, 2.45) is 0 Å². The number of benzene rings is 2. The van der Waals surface area contributed by atoms with Crippen LogP contribution in [0.15, 0.2) is 72.3 Å². The molecule has 2 rings (SSSR count). The van der Waals surface area contributed by atoms with Gasteiger partial charge in [0, 0.05) is 0 Å². The predicted octanol–water partition coefficient (Wildman–Crippen LogP) is 4.47. The standard InChI is InChI=1S/C19H22N2O3Si/c1-4-23-19(22)17(21-20)18(15-11-7-5-8-12-15)24-25(2,3)16-13-9-6-10-14-16/h5-14,18H,4H2,1-3H3/p+1/b19-17-. The quantitative estimate of drug-likeness (QED) is 0.452. The van der Waals surface area contributed by atoms with E-state index < -0.39 is 20.4 Å². The van der Waals surface area contributed by atoms with Crippen molar-refractivity contribution in [2.75, 3.05) is 6.61 Å². The predicted molar refractivity (Wildman–Crippen MR) is 100 cm³/mol. The highest BCUT2D eigenvalue weighted by molar-refractivity contribution is 6.84. The first-order valence-corrected chi connectivity index (χ1v) is 11.1. The Kier molecular flexibility index (Phi) is 6.34. The molecule has 5 nitrogen and oxygen atoms in total. The molecule has 1 N–H and O–H groups in total. The van der Waals surface area contributed by atoms with E-state index in [1.165, 1.54) is 0 Å². The molecule has 0 bridgehead atoms. The molecule has 130 valence electrons. The number of rotatable bonds is 7.